The molecule has 4 aromatic heterocycles. The third-order valence-electron chi connectivity index (χ3n) is 3.97. The maximum atomic E-state index is 13.4. The Balaban J connectivity index is 1.67. The number of thiazole rings is 1. The molecule has 0 atom stereocenters. The highest BCUT2D eigenvalue weighted by atomic mass is 32.1. The van der Waals surface area contributed by atoms with Crippen LogP contribution in [0.2, 0.25) is 0 Å². The SMILES string of the molecule is CCc1cc(-c2nccs2)nnc1Cn1ccnc1-c1cccc(F)n1. The number of rotatable bonds is 5. The summed E-state index contributed by atoms with van der Waals surface area (Å²) < 4.78 is 15.3. The van der Waals surface area contributed by atoms with Gasteiger partial charge in [0.05, 0.1) is 12.2 Å². The summed E-state index contributed by atoms with van der Waals surface area (Å²) in [6, 6.07) is 6.70. The Labute approximate surface area is 153 Å². The van der Waals surface area contributed by atoms with Crippen LogP contribution in [0, 0.1) is 5.95 Å². The van der Waals surface area contributed by atoms with Crippen molar-refractivity contribution in [3.05, 3.63) is 65.4 Å². The predicted octanol–water partition coefficient (Wildman–Crippen LogP) is 3.61. The van der Waals surface area contributed by atoms with Crippen molar-refractivity contribution in [1.82, 2.24) is 29.7 Å². The molecule has 0 amide bonds. The zero-order valence-electron chi connectivity index (χ0n) is 14.0. The number of nitrogens with zero attached hydrogens (tertiary/aromatic N) is 6. The van der Waals surface area contributed by atoms with Gasteiger partial charge in [-0.15, -0.1) is 16.4 Å². The van der Waals surface area contributed by atoms with Gasteiger partial charge in [0, 0.05) is 24.0 Å². The Hall–Kier alpha value is -3.00. The molecule has 0 unspecified atom stereocenters. The van der Waals surface area contributed by atoms with Gasteiger partial charge in [0.1, 0.15) is 16.4 Å². The second-order valence-electron chi connectivity index (χ2n) is 5.62. The van der Waals surface area contributed by atoms with Gasteiger partial charge in [0.25, 0.3) is 0 Å². The molecule has 6 nitrogen and oxygen atoms in total. The van der Waals surface area contributed by atoms with E-state index in [1.807, 2.05) is 22.2 Å². The Morgan fingerprint density at radius 2 is 2.04 bits per heavy atom. The van der Waals surface area contributed by atoms with Crippen LogP contribution in [0.5, 0.6) is 0 Å². The summed E-state index contributed by atoms with van der Waals surface area (Å²) in [5.41, 5.74) is 3.21. The molecule has 0 radical (unpaired) electrons. The summed E-state index contributed by atoms with van der Waals surface area (Å²) in [6.07, 6.45) is 6.08. The van der Waals surface area contributed by atoms with Crippen LogP contribution in [0.15, 0.2) is 48.2 Å². The van der Waals surface area contributed by atoms with E-state index in [1.165, 1.54) is 17.4 Å². The van der Waals surface area contributed by atoms with Crippen molar-refractivity contribution in [2.45, 2.75) is 19.9 Å². The summed E-state index contributed by atoms with van der Waals surface area (Å²) >= 11 is 1.53. The van der Waals surface area contributed by atoms with E-state index in [0.717, 1.165) is 28.4 Å². The second-order valence-corrected chi connectivity index (χ2v) is 6.51. The Bertz CT molecular complexity index is 1030. The fourth-order valence-corrected chi connectivity index (χ4v) is 3.31. The minimum atomic E-state index is -0.529. The highest BCUT2D eigenvalue weighted by molar-refractivity contribution is 7.13. The molecule has 0 saturated carbocycles. The molecule has 8 heteroatoms. The van der Waals surface area contributed by atoms with Gasteiger partial charge in [-0.1, -0.05) is 13.0 Å². The van der Waals surface area contributed by atoms with Gasteiger partial charge in [-0.3, -0.25) is 0 Å². The maximum Gasteiger partial charge on any atom is 0.213 e. The molecule has 4 aromatic rings. The molecule has 4 rings (SSSR count). The fourth-order valence-electron chi connectivity index (χ4n) is 2.71. The molecule has 130 valence electrons. The molecule has 26 heavy (non-hydrogen) atoms. The van der Waals surface area contributed by atoms with Gasteiger partial charge >= 0.3 is 0 Å². The average molecular weight is 366 g/mol. The summed E-state index contributed by atoms with van der Waals surface area (Å²) in [5.74, 6) is 0.0660. The Morgan fingerprint density at radius 1 is 1.12 bits per heavy atom. The van der Waals surface area contributed by atoms with Crippen molar-refractivity contribution in [1.29, 1.82) is 0 Å². The van der Waals surface area contributed by atoms with Gasteiger partial charge in [0.2, 0.25) is 5.95 Å². The van der Waals surface area contributed by atoms with Crippen molar-refractivity contribution in [3.63, 3.8) is 0 Å². The molecule has 0 fully saturated rings. The number of aromatic nitrogens is 6. The standard InChI is InChI=1S/C18H15FN6S/c1-2-12-10-14(18-21-7-9-26-18)23-24-15(12)11-25-8-6-20-17(25)13-4-3-5-16(19)22-13/h3-10H,2,11H2,1H3. The van der Waals surface area contributed by atoms with Crippen molar-refractivity contribution in [2.75, 3.05) is 0 Å². The van der Waals surface area contributed by atoms with Gasteiger partial charge in [-0.05, 0) is 30.2 Å². The smallest absolute Gasteiger partial charge is 0.213 e. The first-order valence-electron chi connectivity index (χ1n) is 8.14. The van der Waals surface area contributed by atoms with Crippen molar-refractivity contribution < 1.29 is 4.39 Å². The molecular formula is C18H15FN6S. The minimum absolute atomic E-state index is 0.486. The molecule has 0 bridgehead atoms. The van der Waals surface area contributed by atoms with Gasteiger partial charge < -0.3 is 4.57 Å². The van der Waals surface area contributed by atoms with Gasteiger partial charge in [0.15, 0.2) is 5.82 Å². The predicted molar refractivity (Wildman–Crippen MR) is 97.0 cm³/mol. The number of hydrogen-bond donors (Lipinski definition) is 0. The molecule has 0 aliphatic carbocycles. The Kier molecular flexibility index (Phi) is 4.49. The van der Waals surface area contributed by atoms with Crippen LogP contribution in [-0.4, -0.2) is 29.7 Å². The summed E-state index contributed by atoms with van der Waals surface area (Å²) in [6.45, 7) is 2.57. The van der Waals surface area contributed by atoms with E-state index in [4.69, 9.17) is 0 Å². The van der Waals surface area contributed by atoms with Crippen LogP contribution in [0.25, 0.3) is 22.2 Å². The van der Waals surface area contributed by atoms with Crippen molar-refractivity contribution >= 4 is 11.3 Å². The van der Waals surface area contributed by atoms with E-state index in [9.17, 15) is 4.39 Å². The normalized spacial score (nSPS) is 11.0. The lowest BCUT2D eigenvalue weighted by molar-refractivity contribution is 0.584. The Morgan fingerprint density at radius 3 is 2.81 bits per heavy atom. The van der Waals surface area contributed by atoms with Crippen LogP contribution in [0.3, 0.4) is 0 Å². The lowest BCUT2D eigenvalue weighted by atomic mass is 10.1. The molecule has 0 aliphatic rings. The molecule has 0 spiro atoms. The number of pyridine rings is 1. The van der Waals surface area contributed by atoms with Crippen LogP contribution in [-0.2, 0) is 13.0 Å². The average Bonchev–Trinajstić information content (AvgIpc) is 3.34. The van der Waals surface area contributed by atoms with Crippen LogP contribution in [0.4, 0.5) is 4.39 Å². The molecule has 4 heterocycles. The van der Waals surface area contributed by atoms with Crippen LogP contribution in [0.1, 0.15) is 18.2 Å². The maximum absolute atomic E-state index is 13.4. The third kappa shape index (κ3) is 3.23. The van der Waals surface area contributed by atoms with E-state index < -0.39 is 5.95 Å². The van der Waals surface area contributed by atoms with Crippen LogP contribution < -0.4 is 0 Å². The van der Waals surface area contributed by atoms with Crippen molar-refractivity contribution in [3.8, 4) is 22.2 Å². The van der Waals surface area contributed by atoms with Crippen molar-refractivity contribution in [2.24, 2.45) is 0 Å². The van der Waals surface area contributed by atoms with Gasteiger partial charge in [-0.2, -0.15) is 9.49 Å². The topological polar surface area (TPSA) is 69.4 Å². The third-order valence-corrected chi connectivity index (χ3v) is 4.77. The zero-order chi connectivity index (χ0) is 17.9. The number of halogens is 1. The first-order chi connectivity index (χ1) is 12.7. The monoisotopic (exact) mass is 366 g/mol. The lowest BCUT2D eigenvalue weighted by Crippen LogP contribution is -2.08. The largest absolute Gasteiger partial charge is 0.324 e. The van der Waals surface area contributed by atoms with E-state index >= 15 is 0 Å². The number of hydrogen-bond acceptors (Lipinski definition) is 6. The molecule has 0 N–H and O–H groups in total. The molecule has 0 aliphatic heterocycles. The molecule has 0 saturated heterocycles. The highest BCUT2D eigenvalue weighted by Crippen LogP contribution is 2.22. The first-order valence-corrected chi connectivity index (χ1v) is 9.02. The summed E-state index contributed by atoms with van der Waals surface area (Å²) in [7, 11) is 0. The lowest BCUT2D eigenvalue weighted by Gasteiger charge is -2.10. The summed E-state index contributed by atoms with van der Waals surface area (Å²) in [5, 5.41) is 11.5. The van der Waals surface area contributed by atoms with Gasteiger partial charge in [-0.25, -0.2) is 15.0 Å². The second kappa shape index (κ2) is 7.09. The number of aryl methyl sites for hydroxylation is 1. The van der Waals surface area contributed by atoms with E-state index in [-0.39, 0.29) is 0 Å². The quantitative estimate of drug-likeness (QED) is 0.505. The van der Waals surface area contributed by atoms with E-state index in [0.29, 0.717) is 18.1 Å². The number of imidazole rings is 1. The van der Waals surface area contributed by atoms with Crippen LogP contribution >= 0.6 is 11.3 Å². The minimum Gasteiger partial charge on any atom is -0.324 e. The fraction of sp³-hybridized carbons (Fsp3) is 0.167. The summed E-state index contributed by atoms with van der Waals surface area (Å²) in [4.78, 5) is 12.5. The van der Waals surface area contributed by atoms with E-state index in [2.05, 4.69) is 32.1 Å². The highest BCUT2D eigenvalue weighted by Gasteiger charge is 2.13. The zero-order valence-corrected chi connectivity index (χ0v) is 14.8. The first kappa shape index (κ1) is 16.5. The molecule has 0 aromatic carbocycles. The van der Waals surface area contributed by atoms with E-state index in [1.54, 1.807) is 24.5 Å². The molecular weight excluding hydrogens is 351 g/mol.